The maximum absolute atomic E-state index is 10.8. The molecule has 0 unspecified atom stereocenters. The summed E-state index contributed by atoms with van der Waals surface area (Å²) in [4.78, 5) is 0. The van der Waals surface area contributed by atoms with Crippen molar-refractivity contribution in [1.29, 1.82) is 0 Å². The molecule has 0 amide bonds. The molecule has 0 heterocycles. The van der Waals surface area contributed by atoms with Crippen LogP contribution in [-0.4, -0.2) is 27.7 Å². The third kappa shape index (κ3) is 5.74. The van der Waals surface area contributed by atoms with Crippen LogP contribution in [0, 0.1) is 5.92 Å². The van der Waals surface area contributed by atoms with Crippen molar-refractivity contribution >= 4 is 22.6 Å². The molecule has 11 heavy (non-hydrogen) atoms. The largest absolute Gasteiger partial charge is 0.260 e. The first-order chi connectivity index (χ1) is 5.07. The van der Waals surface area contributed by atoms with Gasteiger partial charge in [0, 0.05) is 28.1 Å². The minimum absolute atomic E-state index is 0.618. The van der Waals surface area contributed by atoms with Crippen molar-refractivity contribution in [1.82, 2.24) is 0 Å². The van der Waals surface area contributed by atoms with E-state index in [1.165, 1.54) is 0 Å². The standard InChI is InChI=1S/C8H18OS2/c1-7(2)8(10-3)5-6-11(4)9/h7-8H,5-6H2,1-4H3/t8-,11-/m0/s1. The molecule has 2 atom stereocenters. The van der Waals surface area contributed by atoms with E-state index >= 15 is 0 Å². The lowest BCUT2D eigenvalue weighted by Crippen LogP contribution is -2.14. The number of thioether (sulfide) groups is 1. The molecule has 0 saturated heterocycles. The van der Waals surface area contributed by atoms with E-state index in [0.717, 1.165) is 12.2 Å². The summed E-state index contributed by atoms with van der Waals surface area (Å²) in [5.41, 5.74) is 0. The predicted octanol–water partition coefficient (Wildman–Crippen LogP) is 2.14. The second kappa shape index (κ2) is 6.06. The van der Waals surface area contributed by atoms with E-state index in [1.54, 1.807) is 6.26 Å². The van der Waals surface area contributed by atoms with Gasteiger partial charge in [-0.15, -0.1) is 0 Å². The summed E-state index contributed by atoms with van der Waals surface area (Å²) in [6, 6.07) is 0. The van der Waals surface area contributed by atoms with Crippen LogP contribution in [0.4, 0.5) is 0 Å². The summed E-state index contributed by atoms with van der Waals surface area (Å²) >= 11 is 1.89. The Balaban J connectivity index is 3.61. The van der Waals surface area contributed by atoms with Crippen LogP contribution in [-0.2, 0) is 10.8 Å². The first kappa shape index (κ1) is 11.5. The van der Waals surface area contributed by atoms with Crippen molar-refractivity contribution < 1.29 is 4.21 Å². The zero-order chi connectivity index (χ0) is 8.85. The summed E-state index contributed by atoms with van der Waals surface area (Å²) < 4.78 is 10.8. The molecule has 0 aromatic rings. The molecule has 0 aliphatic heterocycles. The van der Waals surface area contributed by atoms with Gasteiger partial charge in [0.2, 0.25) is 0 Å². The summed E-state index contributed by atoms with van der Waals surface area (Å²) in [5, 5.41) is 0.680. The van der Waals surface area contributed by atoms with Crippen LogP contribution in [0.25, 0.3) is 0 Å². The van der Waals surface area contributed by atoms with E-state index in [2.05, 4.69) is 20.1 Å². The lowest BCUT2D eigenvalue weighted by atomic mass is 10.1. The van der Waals surface area contributed by atoms with Crippen molar-refractivity contribution in [3.8, 4) is 0 Å². The average Bonchev–Trinajstić information content (AvgIpc) is 1.87. The second-order valence-electron chi connectivity index (χ2n) is 3.08. The van der Waals surface area contributed by atoms with Crippen LogP contribution < -0.4 is 0 Å². The Morgan fingerprint density at radius 3 is 2.27 bits per heavy atom. The number of hydrogen-bond donors (Lipinski definition) is 0. The van der Waals surface area contributed by atoms with Crippen molar-refractivity contribution in [2.45, 2.75) is 25.5 Å². The van der Waals surface area contributed by atoms with Crippen LogP contribution in [0.15, 0.2) is 0 Å². The Morgan fingerprint density at radius 1 is 1.45 bits per heavy atom. The third-order valence-electron chi connectivity index (χ3n) is 1.74. The normalized spacial score (nSPS) is 16.8. The highest BCUT2D eigenvalue weighted by Crippen LogP contribution is 2.19. The SMILES string of the molecule is CS[C@@H](CC[S@](C)=O)C(C)C. The van der Waals surface area contributed by atoms with Gasteiger partial charge < -0.3 is 0 Å². The Hall–Kier alpha value is 0.500. The van der Waals surface area contributed by atoms with E-state index in [1.807, 2.05) is 11.8 Å². The zero-order valence-electron chi connectivity index (χ0n) is 7.79. The first-order valence-electron chi connectivity index (χ1n) is 3.90. The molecule has 0 rings (SSSR count). The topological polar surface area (TPSA) is 17.1 Å². The quantitative estimate of drug-likeness (QED) is 0.667. The van der Waals surface area contributed by atoms with E-state index in [4.69, 9.17) is 0 Å². The molecule has 68 valence electrons. The smallest absolute Gasteiger partial charge is 0.0242 e. The number of hydrogen-bond acceptors (Lipinski definition) is 2. The van der Waals surface area contributed by atoms with Crippen molar-refractivity contribution in [2.24, 2.45) is 5.92 Å². The molecule has 3 heteroatoms. The van der Waals surface area contributed by atoms with Gasteiger partial charge in [-0.2, -0.15) is 11.8 Å². The van der Waals surface area contributed by atoms with E-state index in [0.29, 0.717) is 11.2 Å². The van der Waals surface area contributed by atoms with Gasteiger partial charge in [0.1, 0.15) is 0 Å². The Labute approximate surface area is 76.8 Å². The van der Waals surface area contributed by atoms with Gasteiger partial charge in [-0.25, -0.2) is 0 Å². The third-order valence-corrected chi connectivity index (χ3v) is 3.93. The highest BCUT2D eigenvalue weighted by atomic mass is 32.2. The van der Waals surface area contributed by atoms with Crippen molar-refractivity contribution in [3.05, 3.63) is 0 Å². The Morgan fingerprint density at radius 2 is 2.00 bits per heavy atom. The summed E-state index contributed by atoms with van der Waals surface area (Å²) in [6.07, 6.45) is 4.99. The highest BCUT2D eigenvalue weighted by molar-refractivity contribution is 7.99. The van der Waals surface area contributed by atoms with Crippen LogP contribution in [0.2, 0.25) is 0 Å². The van der Waals surface area contributed by atoms with Crippen molar-refractivity contribution in [3.63, 3.8) is 0 Å². The van der Waals surface area contributed by atoms with Gasteiger partial charge in [0.15, 0.2) is 0 Å². The van der Waals surface area contributed by atoms with E-state index < -0.39 is 10.8 Å². The molecule has 0 fully saturated rings. The molecular formula is C8H18OS2. The molecule has 0 saturated carbocycles. The molecule has 0 radical (unpaired) electrons. The zero-order valence-corrected chi connectivity index (χ0v) is 9.43. The highest BCUT2D eigenvalue weighted by Gasteiger charge is 2.11. The van der Waals surface area contributed by atoms with Gasteiger partial charge in [0.25, 0.3) is 0 Å². The second-order valence-corrected chi connectivity index (χ2v) is 5.72. The Bertz CT molecular complexity index is 123. The fraction of sp³-hybridized carbons (Fsp3) is 1.00. The first-order valence-corrected chi connectivity index (χ1v) is 6.92. The average molecular weight is 194 g/mol. The minimum Gasteiger partial charge on any atom is -0.260 e. The van der Waals surface area contributed by atoms with Crippen LogP contribution >= 0.6 is 11.8 Å². The van der Waals surface area contributed by atoms with Gasteiger partial charge >= 0.3 is 0 Å². The maximum atomic E-state index is 10.8. The lowest BCUT2D eigenvalue weighted by molar-refractivity contribution is 0.594. The molecule has 0 aliphatic carbocycles. The summed E-state index contributed by atoms with van der Waals surface area (Å²) in [7, 11) is -0.618. The lowest BCUT2D eigenvalue weighted by Gasteiger charge is -2.17. The monoisotopic (exact) mass is 194 g/mol. The summed E-state index contributed by atoms with van der Waals surface area (Å²) in [6.45, 7) is 4.44. The minimum atomic E-state index is -0.618. The molecule has 1 nitrogen and oxygen atoms in total. The van der Waals surface area contributed by atoms with E-state index in [9.17, 15) is 4.21 Å². The number of rotatable bonds is 5. The van der Waals surface area contributed by atoms with Gasteiger partial charge in [-0.05, 0) is 18.6 Å². The molecule has 0 aromatic heterocycles. The molecule has 0 bridgehead atoms. The fourth-order valence-corrected chi connectivity index (χ4v) is 2.64. The molecular weight excluding hydrogens is 176 g/mol. The maximum Gasteiger partial charge on any atom is 0.0242 e. The molecule has 0 N–H and O–H groups in total. The van der Waals surface area contributed by atoms with E-state index in [-0.39, 0.29) is 0 Å². The molecule has 0 spiro atoms. The van der Waals surface area contributed by atoms with Crippen LogP contribution in [0.5, 0.6) is 0 Å². The van der Waals surface area contributed by atoms with Crippen molar-refractivity contribution in [2.75, 3.05) is 18.3 Å². The Kier molecular flexibility index (Phi) is 6.34. The predicted molar refractivity (Wildman–Crippen MR) is 55.7 cm³/mol. The van der Waals surface area contributed by atoms with Gasteiger partial charge in [0.05, 0.1) is 0 Å². The molecule has 0 aromatic carbocycles. The van der Waals surface area contributed by atoms with Crippen LogP contribution in [0.1, 0.15) is 20.3 Å². The fourth-order valence-electron chi connectivity index (χ4n) is 1.01. The van der Waals surface area contributed by atoms with Crippen LogP contribution in [0.3, 0.4) is 0 Å². The van der Waals surface area contributed by atoms with Gasteiger partial charge in [-0.1, -0.05) is 13.8 Å². The van der Waals surface area contributed by atoms with Gasteiger partial charge in [-0.3, -0.25) is 4.21 Å². The molecule has 0 aliphatic rings. The summed E-state index contributed by atoms with van der Waals surface area (Å²) in [5.74, 6) is 1.55.